The first kappa shape index (κ1) is 21.6. The van der Waals surface area contributed by atoms with Crippen LogP contribution in [0.15, 0.2) is 71.3 Å². The molecule has 0 aliphatic heterocycles. The number of nitrogens with one attached hydrogen (secondary N) is 1. The van der Waals surface area contributed by atoms with E-state index in [1.165, 1.54) is 23.3 Å². The highest BCUT2D eigenvalue weighted by Crippen LogP contribution is 2.23. The number of non-ortho nitro benzene ring substituents is 1. The molecule has 0 aliphatic rings. The lowest BCUT2D eigenvalue weighted by molar-refractivity contribution is -0.384. The Balaban J connectivity index is 1.59. The van der Waals surface area contributed by atoms with Crippen LogP contribution in [-0.4, -0.2) is 35.3 Å². The second-order valence-corrected chi connectivity index (χ2v) is 6.78. The van der Waals surface area contributed by atoms with Crippen molar-refractivity contribution in [2.45, 2.75) is 13.0 Å². The zero-order valence-corrected chi connectivity index (χ0v) is 17.0. The Morgan fingerprint density at radius 1 is 1.16 bits per heavy atom. The van der Waals surface area contributed by atoms with Crippen LogP contribution in [0.2, 0.25) is 0 Å². The topological polar surface area (TPSA) is 115 Å². The number of rotatable bonds is 8. The molecule has 2 amide bonds. The number of carbonyl (C=O) groups is 2. The smallest absolute Gasteiger partial charge is 0.291 e. The highest BCUT2D eigenvalue weighted by molar-refractivity contribution is 6.02. The van der Waals surface area contributed by atoms with Crippen molar-refractivity contribution in [3.8, 4) is 5.75 Å². The number of furan rings is 1. The largest absolute Gasteiger partial charge is 0.484 e. The fraction of sp³-hybridized carbons (Fsp3) is 0.182. The first-order valence-corrected chi connectivity index (χ1v) is 9.43. The first-order chi connectivity index (χ1) is 14.8. The molecule has 31 heavy (non-hydrogen) atoms. The molecular formula is C22H21N3O6. The van der Waals surface area contributed by atoms with Crippen LogP contribution in [0.5, 0.6) is 5.75 Å². The summed E-state index contributed by atoms with van der Waals surface area (Å²) in [6, 6.07) is 15.6. The summed E-state index contributed by atoms with van der Waals surface area (Å²) in [5.74, 6) is -0.118. The highest BCUT2D eigenvalue weighted by atomic mass is 16.6. The number of hydrogen-bond acceptors (Lipinski definition) is 6. The molecule has 0 fully saturated rings. The summed E-state index contributed by atoms with van der Waals surface area (Å²) in [6.07, 6.45) is 1.41. The van der Waals surface area contributed by atoms with E-state index in [0.717, 1.165) is 0 Å². The molecule has 0 aliphatic carbocycles. The van der Waals surface area contributed by atoms with Crippen LogP contribution in [0, 0.1) is 10.1 Å². The van der Waals surface area contributed by atoms with Crippen molar-refractivity contribution in [2.24, 2.45) is 0 Å². The fourth-order valence-electron chi connectivity index (χ4n) is 2.85. The van der Waals surface area contributed by atoms with Gasteiger partial charge in [0, 0.05) is 30.9 Å². The molecule has 160 valence electrons. The number of likely N-dealkylation sites (N-methyl/N-ethyl adjacent to an activating group) is 1. The summed E-state index contributed by atoms with van der Waals surface area (Å²) in [5.41, 5.74) is 1.10. The molecule has 0 bridgehead atoms. The minimum atomic E-state index is -0.473. The maximum Gasteiger partial charge on any atom is 0.291 e. The van der Waals surface area contributed by atoms with Crippen molar-refractivity contribution in [1.29, 1.82) is 0 Å². The summed E-state index contributed by atoms with van der Waals surface area (Å²) >= 11 is 0. The Bertz CT molecular complexity index is 1080. The van der Waals surface area contributed by atoms with E-state index in [9.17, 15) is 19.7 Å². The van der Waals surface area contributed by atoms with E-state index in [4.69, 9.17) is 9.15 Å². The first-order valence-electron chi connectivity index (χ1n) is 9.43. The minimum Gasteiger partial charge on any atom is -0.484 e. The molecule has 0 saturated heterocycles. The number of benzene rings is 2. The Hall–Kier alpha value is -4.14. The standard InChI is InChI=1S/C22H21N3O6/c1-15(16-6-3-8-18(12-16)25(28)29)24(2)21(26)14-31-19-9-4-7-17(13-19)23-22(27)20-10-5-11-30-20/h3-13,15H,14H2,1-2H3,(H,23,27). The van der Waals surface area contributed by atoms with E-state index >= 15 is 0 Å². The van der Waals surface area contributed by atoms with Crippen molar-refractivity contribution < 1.29 is 23.7 Å². The van der Waals surface area contributed by atoms with Gasteiger partial charge in [0.15, 0.2) is 12.4 Å². The van der Waals surface area contributed by atoms with Crippen LogP contribution in [0.1, 0.15) is 29.1 Å². The average molecular weight is 423 g/mol. The maximum absolute atomic E-state index is 12.6. The van der Waals surface area contributed by atoms with Crippen molar-refractivity contribution in [3.63, 3.8) is 0 Å². The third kappa shape index (κ3) is 5.47. The van der Waals surface area contributed by atoms with E-state index in [1.54, 1.807) is 62.5 Å². The number of nitrogens with zero attached hydrogens (tertiary/aromatic N) is 2. The normalized spacial score (nSPS) is 11.4. The van der Waals surface area contributed by atoms with Gasteiger partial charge >= 0.3 is 0 Å². The molecule has 1 heterocycles. The van der Waals surface area contributed by atoms with Crippen LogP contribution in [0.25, 0.3) is 0 Å². The van der Waals surface area contributed by atoms with Gasteiger partial charge in [-0.25, -0.2) is 0 Å². The molecule has 3 rings (SSSR count). The van der Waals surface area contributed by atoms with Gasteiger partial charge in [0.05, 0.1) is 17.2 Å². The molecular weight excluding hydrogens is 402 g/mol. The average Bonchev–Trinajstić information content (AvgIpc) is 3.32. The predicted molar refractivity (Wildman–Crippen MR) is 113 cm³/mol. The third-order valence-corrected chi connectivity index (χ3v) is 4.74. The molecule has 1 N–H and O–H groups in total. The van der Waals surface area contributed by atoms with Crippen LogP contribution in [0.4, 0.5) is 11.4 Å². The number of carbonyl (C=O) groups excluding carboxylic acids is 2. The lowest BCUT2D eigenvalue weighted by Crippen LogP contribution is -2.33. The van der Waals surface area contributed by atoms with E-state index in [0.29, 0.717) is 17.0 Å². The summed E-state index contributed by atoms with van der Waals surface area (Å²) in [4.78, 5) is 36.6. The number of hydrogen-bond donors (Lipinski definition) is 1. The SMILES string of the molecule is CC(c1cccc([N+](=O)[O-])c1)N(C)C(=O)COc1cccc(NC(=O)c2ccco2)c1. The molecule has 1 aromatic heterocycles. The van der Waals surface area contributed by atoms with Crippen LogP contribution >= 0.6 is 0 Å². The monoisotopic (exact) mass is 423 g/mol. The van der Waals surface area contributed by atoms with Crippen LogP contribution < -0.4 is 10.1 Å². The van der Waals surface area contributed by atoms with Crippen molar-refractivity contribution in [1.82, 2.24) is 4.90 Å². The van der Waals surface area contributed by atoms with E-state index in [-0.39, 0.29) is 30.0 Å². The maximum atomic E-state index is 12.6. The molecule has 2 aromatic carbocycles. The summed E-state index contributed by atoms with van der Waals surface area (Å²) < 4.78 is 10.6. The van der Waals surface area contributed by atoms with E-state index in [1.807, 2.05) is 0 Å². The van der Waals surface area contributed by atoms with Crippen LogP contribution in [-0.2, 0) is 4.79 Å². The number of amides is 2. The molecule has 0 saturated carbocycles. The van der Waals surface area contributed by atoms with Gasteiger partial charge in [0.1, 0.15) is 5.75 Å². The van der Waals surface area contributed by atoms with Gasteiger partial charge in [0.25, 0.3) is 17.5 Å². The molecule has 3 aromatic rings. The van der Waals surface area contributed by atoms with Gasteiger partial charge in [-0.15, -0.1) is 0 Å². The Morgan fingerprint density at radius 3 is 2.65 bits per heavy atom. The third-order valence-electron chi connectivity index (χ3n) is 4.74. The number of nitro benzene ring substituents is 1. The Kier molecular flexibility index (Phi) is 6.66. The van der Waals surface area contributed by atoms with Gasteiger partial charge in [-0.3, -0.25) is 19.7 Å². The zero-order valence-electron chi connectivity index (χ0n) is 17.0. The molecule has 0 spiro atoms. The number of nitro groups is 1. The summed E-state index contributed by atoms with van der Waals surface area (Å²) in [6.45, 7) is 1.55. The lowest BCUT2D eigenvalue weighted by Gasteiger charge is -2.25. The van der Waals surface area contributed by atoms with Crippen molar-refractivity contribution in [3.05, 3.63) is 88.4 Å². The van der Waals surface area contributed by atoms with Crippen molar-refractivity contribution in [2.75, 3.05) is 19.0 Å². The fourth-order valence-corrected chi connectivity index (χ4v) is 2.85. The lowest BCUT2D eigenvalue weighted by atomic mass is 10.1. The Morgan fingerprint density at radius 2 is 1.94 bits per heavy atom. The van der Waals surface area contributed by atoms with Gasteiger partial charge < -0.3 is 19.4 Å². The van der Waals surface area contributed by atoms with Gasteiger partial charge in [-0.05, 0) is 36.8 Å². The molecule has 1 atom stereocenters. The minimum absolute atomic E-state index is 0.0325. The molecule has 1 unspecified atom stereocenters. The van der Waals surface area contributed by atoms with Gasteiger partial charge in [-0.2, -0.15) is 0 Å². The van der Waals surface area contributed by atoms with Gasteiger partial charge in [0.2, 0.25) is 0 Å². The van der Waals surface area contributed by atoms with Crippen molar-refractivity contribution >= 4 is 23.2 Å². The van der Waals surface area contributed by atoms with Crippen LogP contribution in [0.3, 0.4) is 0 Å². The number of anilines is 1. The summed E-state index contributed by atoms with van der Waals surface area (Å²) in [5, 5.41) is 13.7. The highest BCUT2D eigenvalue weighted by Gasteiger charge is 2.20. The van der Waals surface area contributed by atoms with Gasteiger partial charge in [-0.1, -0.05) is 18.2 Å². The zero-order chi connectivity index (χ0) is 22.4. The quantitative estimate of drug-likeness (QED) is 0.432. The predicted octanol–water partition coefficient (Wildman–Crippen LogP) is 4.04. The second kappa shape index (κ2) is 9.57. The van der Waals surface area contributed by atoms with E-state index in [2.05, 4.69) is 5.32 Å². The Labute approximate surface area is 178 Å². The molecule has 0 radical (unpaired) electrons. The molecule has 9 nitrogen and oxygen atoms in total. The molecule has 9 heteroatoms. The number of ether oxygens (including phenoxy) is 1. The summed E-state index contributed by atoms with van der Waals surface area (Å²) in [7, 11) is 1.61. The van der Waals surface area contributed by atoms with E-state index < -0.39 is 10.8 Å². The second-order valence-electron chi connectivity index (χ2n) is 6.78.